The SMILES string of the molecule is Fc1ccc2[nH]c3c(c2n1)CCN1C[C@H]2C[C@@H]3[C@@H]1C2. The van der Waals surface area contributed by atoms with Crippen molar-refractivity contribution >= 4 is 11.0 Å². The maximum atomic E-state index is 13.4. The van der Waals surface area contributed by atoms with Crippen LogP contribution in [0.4, 0.5) is 4.39 Å². The lowest BCUT2D eigenvalue weighted by molar-refractivity contribution is 0.201. The number of hydrogen-bond donors (Lipinski definition) is 1. The van der Waals surface area contributed by atoms with Gasteiger partial charge in [0.15, 0.2) is 0 Å². The fourth-order valence-electron chi connectivity index (χ4n) is 4.64. The molecule has 0 aromatic carbocycles. The molecule has 3 aliphatic rings. The van der Waals surface area contributed by atoms with E-state index in [0.29, 0.717) is 12.0 Å². The van der Waals surface area contributed by atoms with Gasteiger partial charge >= 0.3 is 0 Å². The first kappa shape index (κ1) is 10.4. The van der Waals surface area contributed by atoms with Crippen LogP contribution in [0.15, 0.2) is 12.1 Å². The summed E-state index contributed by atoms with van der Waals surface area (Å²) in [4.78, 5) is 10.3. The Hall–Kier alpha value is -1.42. The van der Waals surface area contributed by atoms with Crippen LogP contribution in [0.1, 0.15) is 30.0 Å². The highest BCUT2D eigenvalue weighted by atomic mass is 19.1. The Kier molecular flexibility index (Phi) is 1.84. The molecule has 4 heterocycles. The van der Waals surface area contributed by atoms with Crippen LogP contribution in [0.2, 0.25) is 0 Å². The summed E-state index contributed by atoms with van der Waals surface area (Å²) in [6.45, 7) is 2.38. The van der Waals surface area contributed by atoms with Gasteiger partial charge in [-0.1, -0.05) is 0 Å². The zero-order valence-electron chi connectivity index (χ0n) is 10.7. The molecule has 98 valence electrons. The van der Waals surface area contributed by atoms with E-state index < -0.39 is 0 Å². The second kappa shape index (κ2) is 3.37. The third-order valence-electron chi connectivity index (χ3n) is 5.35. The first-order chi connectivity index (χ1) is 9.29. The average molecular weight is 257 g/mol. The van der Waals surface area contributed by atoms with Gasteiger partial charge in [-0.3, -0.25) is 4.90 Å². The number of H-pyrrole nitrogens is 1. The summed E-state index contributed by atoms with van der Waals surface area (Å²) < 4.78 is 13.4. The number of nitrogens with zero attached hydrogens (tertiary/aromatic N) is 2. The van der Waals surface area contributed by atoms with Crippen LogP contribution in [-0.2, 0) is 6.42 Å². The number of hydrogen-bond acceptors (Lipinski definition) is 2. The van der Waals surface area contributed by atoms with Crippen molar-refractivity contribution in [2.75, 3.05) is 13.1 Å². The number of aromatic amines is 1. The van der Waals surface area contributed by atoms with Crippen LogP contribution in [0.25, 0.3) is 11.0 Å². The van der Waals surface area contributed by atoms with E-state index in [1.807, 2.05) is 6.07 Å². The second-order valence-corrected chi connectivity index (χ2v) is 6.30. The summed E-state index contributed by atoms with van der Waals surface area (Å²) in [6, 6.07) is 3.99. The average Bonchev–Trinajstić information content (AvgIpc) is 3.05. The predicted molar refractivity (Wildman–Crippen MR) is 70.6 cm³/mol. The molecule has 1 aliphatic carbocycles. The summed E-state index contributed by atoms with van der Waals surface area (Å²) in [7, 11) is 0. The highest BCUT2D eigenvalue weighted by Gasteiger charge is 2.47. The molecule has 4 heteroatoms. The molecular formula is C15H16FN3. The lowest BCUT2D eigenvalue weighted by atomic mass is 9.94. The molecule has 2 fully saturated rings. The molecule has 3 nitrogen and oxygen atoms in total. The molecule has 1 N–H and O–H groups in total. The molecule has 3 atom stereocenters. The van der Waals surface area contributed by atoms with Gasteiger partial charge < -0.3 is 4.98 Å². The Morgan fingerprint density at radius 2 is 2.26 bits per heavy atom. The van der Waals surface area contributed by atoms with E-state index in [9.17, 15) is 4.39 Å². The van der Waals surface area contributed by atoms with Crippen LogP contribution in [0, 0.1) is 11.9 Å². The van der Waals surface area contributed by atoms with Crippen molar-refractivity contribution in [1.29, 1.82) is 0 Å². The van der Waals surface area contributed by atoms with E-state index in [-0.39, 0.29) is 5.95 Å². The van der Waals surface area contributed by atoms with Crippen LogP contribution in [-0.4, -0.2) is 34.0 Å². The molecule has 1 saturated carbocycles. The molecule has 0 radical (unpaired) electrons. The van der Waals surface area contributed by atoms with Crippen molar-refractivity contribution in [2.24, 2.45) is 5.92 Å². The van der Waals surface area contributed by atoms with Gasteiger partial charge in [-0.15, -0.1) is 0 Å². The minimum absolute atomic E-state index is 0.369. The van der Waals surface area contributed by atoms with E-state index in [4.69, 9.17) is 0 Å². The van der Waals surface area contributed by atoms with Crippen molar-refractivity contribution in [3.8, 4) is 0 Å². The van der Waals surface area contributed by atoms with Crippen LogP contribution in [0.5, 0.6) is 0 Å². The highest BCUT2D eigenvalue weighted by molar-refractivity contribution is 5.81. The molecule has 2 aliphatic heterocycles. The Bertz CT molecular complexity index is 677. The molecule has 2 bridgehead atoms. The molecule has 2 aromatic heterocycles. The number of rotatable bonds is 0. The third kappa shape index (κ3) is 1.27. The topological polar surface area (TPSA) is 31.9 Å². The third-order valence-corrected chi connectivity index (χ3v) is 5.35. The summed E-state index contributed by atoms with van der Waals surface area (Å²) in [5.41, 5.74) is 4.49. The normalized spacial score (nSPS) is 32.8. The van der Waals surface area contributed by atoms with E-state index in [0.717, 1.165) is 29.9 Å². The lowest BCUT2D eigenvalue weighted by Gasteiger charge is -2.30. The summed E-state index contributed by atoms with van der Waals surface area (Å²) in [6.07, 6.45) is 3.65. The molecule has 0 amide bonds. The van der Waals surface area contributed by atoms with Gasteiger partial charge in [0.1, 0.15) is 0 Å². The molecule has 19 heavy (non-hydrogen) atoms. The molecule has 5 rings (SSSR count). The van der Waals surface area contributed by atoms with Crippen LogP contribution >= 0.6 is 0 Å². The number of nitrogens with one attached hydrogen (secondary N) is 1. The van der Waals surface area contributed by atoms with E-state index >= 15 is 0 Å². The number of pyridine rings is 1. The maximum absolute atomic E-state index is 13.4. The van der Waals surface area contributed by atoms with Gasteiger partial charge in [0.2, 0.25) is 5.95 Å². The first-order valence-electron chi connectivity index (χ1n) is 7.20. The Balaban J connectivity index is 1.75. The minimum Gasteiger partial charge on any atom is -0.357 e. The van der Waals surface area contributed by atoms with E-state index in [2.05, 4.69) is 14.9 Å². The van der Waals surface area contributed by atoms with Crippen LogP contribution < -0.4 is 0 Å². The zero-order chi connectivity index (χ0) is 12.6. The monoisotopic (exact) mass is 257 g/mol. The van der Waals surface area contributed by atoms with E-state index in [1.165, 1.54) is 36.7 Å². The van der Waals surface area contributed by atoms with Gasteiger partial charge in [0.25, 0.3) is 0 Å². The minimum atomic E-state index is -0.369. The van der Waals surface area contributed by atoms with Crippen LogP contribution in [0.3, 0.4) is 0 Å². The maximum Gasteiger partial charge on any atom is 0.213 e. The lowest BCUT2D eigenvalue weighted by Crippen LogP contribution is -2.36. The van der Waals surface area contributed by atoms with Crippen molar-refractivity contribution in [2.45, 2.75) is 31.2 Å². The summed E-state index contributed by atoms with van der Waals surface area (Å²) >= 11 is 0. The summed E-state index contributed by atoms with van der Waals surface area (Å²) in [5, 5.41) is 0. The zero-order valence-corrected chi connectivity index (χ0v) is 10.7. The number of halogens is 1. The van der Waals surface area contributed by atoms with Gasteiger partial charge in [-0.25, -0.2) is 4.98 Å². The predicted octanol–water partition coefficient (Wildman–Crippen LogP) is 2.44. The largest absolute Gasteiger partial charge is 0.357 e. The number of piperidine rings is 1. The summed E-state index contributed by atoms with van der Waals surface area (Å²) in [5.74, 6) is 1.12. The standard InChI is InChI=1S/C15H16FN3/c16-13-2-1-11-15(18-13)9-3-4-19-7-8-5-10(12(19)6-8)14(9)17-11/h1-2,8,10,12,17H,3-7H2/t8-,10+,12-/m0/s1. The smallest absolute Gasteiger partial charge is 0.213 e. The first-order valence-corrected chi connectivity index (χ1v) is 7.20. The Morgan fingerprint density at radius 1 is 1.32 bits per heavy atom. The van der Waals surface area contributed by atoms with Gasteiger partial charge in [0, 0.05) is 36.3 Å². The number of aromatic nitrogens is 2. The van der Waals surface area contributed by atoms with Gasteiger partial charge in [-0.2, -0.15) is 4.39 Å². The fourth-order valence-corrected chi connectivity index (χ4v) is 4.64. The molecule has 0 spiro atoms. The second-order valence-electron chi connectivity index (χ2n) is 6.30. The molecule has 1 saturated heterocycles. The van der Waals surface area contributed by atoms with Crippen molar-refractivity contribution < 1.29 is 4.39 Å². The molecular weight excluding hydrogens is 241 g/mol. The molecule has 2 aromatic rings. The van der Waals surface area contributed by atoms with Crippen molar-refractivity contribution in [3.63, 3.8) is 0 Å². The highest BCUT2D eigenvalue weighted by Crippen LogP contribution is 2.49. The van der Waals surface area contributed by atoms with Gasteiger partial charge in [-0.05, 0) is 37.3 Å². The van der Waals surface area contributed by atoms with Crippen molar-refractivity contribution in [1.82, 2.24) is 14.9 Å². The Morgan fingerprint density at radius 3 is 3.16 bits per heavy atom. The van der Waals surface area contributed by atoms with Crippen molar-refractivity contribution in [3.05, 3.63) is 29.3 Å². The van der Waals surface area contributed by atoms with Gasteiger partial charge in [0.05, 0.1) is 11.0 Å². The Labute approximate surface area is 110 Å². The quantitative estimate of drug-likeness (QED) is 0.735. The fraction of sp³-hybridized carbons (Fsp3) is 0.533. The molecule has 0 unspecified atom stereocenters. The number of fused-ring (bicyclic) bond motifs is 5. The van der Waals surface area contributed by atoms with E-state index in [1.54, 1.807) is 0 Å².